The summed E-state index contributed by atoms with van der Waals surface area (Å²) in [5, 5.41) is 3.30. The van der Waals surface area contributed by atoms with Crippen LogP contribution in [0.2, 0.25) is 0 Å². The van der Waals surface area contributed by atoms with Gasteiger partial charge in [-0.05, 0) is 32.3 Å². The average molecular weight is 370 g/mol. The maximum absolute atomic E-state index is 12.5. The van der Waals surface area contributed by atoms with Gasteiger partial charge in [0.05, 0.1) is 12.3 Å². The summed E-state index contributed by atoms with van der Waals surface area (Å²) in [6.45, 7) is 5.31. The monoisotopic (exact) mass is 370 g/mol. The van der Waals surface area contributed by atoms with Crippen molar-refractivity contribution in [2.45, 2.75) is 39.2 Å². The average Bonchev–Trinajstić information content (AvgIpc) is 2.66. The van der Waals surface area contributed by atoms with E-state index in [0.717, 1.165) is 24.1 Å². The number of carbonyl (C=O) groups is 1. The molecule has 2 aromatic rings. The molecule has 0 saturated carbocycles. The van der Waals surface area contributed by atoms with Crippen molar-refractivity contribution in [3.63, 3.8) is 0 Å². The van der Waals surface area contributed by atoms with Crippen molar-refractivity contribution < 1.29 is 9.53 Å². The number of nitrogens with zero attached hydrogens (tertiary/aromatic N) is 2. The van der Waals surface area contributed by atoms with Gasteiger partial charge in [-0.15, -0.1) is 0 Å². The Hall–Kier alpha value is -2.83. The fourth-order valence-electron chi connectivity index (χ4n) is 3.30. The number of ether oxygens (including phenoxy) is 1. The Morgan fingerprint density at radius 1 is 1.30 bits per heavy atom. The third-order valence-corrected chi connectivity index (χ3v) is 4.81. The second-order valence-corrected chi connectivity index (χ2v) is 6.75. The summed E-state index contributed by atoms with van der Waals surface area (Å²) in [7, 11) is 0. The van der Waals surface area contributed by atoms with Gasteiger partial charge in [0.2, 0.25) is 5.95 Å². The number of hydrogen-bond donors (Lipinski definition) is 2. The van der Waals surface area contributed by atoms with Crippen LogP contribution in [0.5, 0.6) is 0 Å². The summed E-state index contributed by atoms with van der Waals surface area (Å²) in [6, 6.07) is 10.1. The lowest BCUT2D eigenvalue weighted by atomic mass is 10.0. The number of aromatic amines is 1. The Morgan fingerprint density at radius 2 is 2.00 bits per heavy atom. The number of aryl methyl sites for hydroxylation is 1. The SMILES string of the molecule is CCOC(=O)N1CCC(Nc2nc(C)c(Cc3ccccc3)c(=O)[nH]2)CC1. The van der Waals surface area contributed by atoms with Crippen molar-refractivity contribution in [1.29, 1.82) is 0 Å². The number of rotatable bonds is 5. The molecule has 3 rings (SSSR count). The molecule has 0 spiro atoms. The van der Waals surface area contributed by atoms with Crippen LogP contribution < -0.4 is 10.9 Å². The molecule has 1 aromatic heterocycles. The fraction of sp³-hybridized carbons (Fsp3) is 0.450. The number of amides is 1. The molecule has 1 aromatic carbocycles. The maximum Gasteiger partial charge on any atom is 0.409 e. The van der Waals surface area contributed by atoms with Crippen molar-refractivity contribution in [3.8, 4) is 0 Å². The van der Waals surface area contributed by atoms with Gasteiger partial charge in [0, 0.05) is 31.1 Å². The summed E-state index contributed by atoms with van der Waals surface area (Å²) in [6.07, 6.45) is 1.87. The highest BCUT2D eigenvalue weighted by Gasteiger charge is 2.24. The number of carbonyl (C=O) groups excluding carboxylic acids is 1. The minimum Gasteiger partial charge on any atom is -0.450 e. The standard InChI is InChI=1S/C20H26N4O3/c1-3-27-20(26)24-11-9-16(10-12-24)22-19-21-14(2)17(18(25)23-19)13-15-7-5-4-6-8-15/h4-8,16H,3,9-13H2,1-2H3,(H2,21,22,23,25). The highest BCUT2D eigenvalue weighted by molar-refractivity contribution is 5.67. The quantitative estimate of drug-likeness (QED) is 0.845. The van der Waals surface area contributed by atoms with E-state index in [-0.39, 0.29) is 17.7 Å². The Balaban J connectivity index is 1.62. The van der Waals surface area contributed by atoms with E-state index in [0.29, 0.717) is 37.6 Å². The first-order valence-electron chi connectivity index (χ1n) is 9.38. The third kappa shape index (κ3) is 4.87. The second-order valence-electron chi connectivity index (χ2n) is 6.75. The molecule has 1 fully saturated rings. The zero-order chi connectivity index (χ0) is 19.2. The molecule has 0 atom stereocenters. The van der Waals surface area contributed by atoms with E-state index in [1.54, 1.807) is 11.8 Å². The number of benzene rings is 1. The predicted molar refractivity (Wildman–Crippen MR) is 104 cm³/mol. The van der Waals surface area contributed by atoms with Crippen molar-refractivity contribution in [3.05, 3.63) is 57.5 Å². The van der Waals surface area contributed by atoms with Crippen molar-refractivity contribution in [2.75, 3.05) is 25.0 Å². The number of likely N-dealkylation sites (tertiary alicyclic amines) is 1. The molecule has 1 aliphatic rings. The summed E-state index contributed by atoms with van der Waals surface area (Å²) >= 11 is 0. The van der Waals surface area contributed by atoms with Crippen molar-refractivity contribution >= 4 is 12.0 Å². The van der Waals surface area contributed by atoms with E-state index in [4.69, 9.17) is 4.74 Å². The van der Waals surface area contributed by atoms with Crippen LogP contribution in [0.4, 0.5) is 10.7 Å². The number of anilines is 1. The van der Waals surface area contributed by atoms with Crippen LogP contribution in [0.1, 0.15) is 36.6 Å². The van der Waals surface area contributed by atoms with Gasteiger partial charge >= 0.3 is 6.09 Å². The summed E-state index contributed by atoms with van der Waals surface area (Å²) in [5.74, 6) is 0.490. The van der Waals surface area contributed by atoms with Crippen LogP contribution in [0.25, 0.3) is 0 Å². The fourth-order valence-corrected chi connectivity index (χ4v) is 3.30. The topological polar surface area (TPSA) is 87.3 Å². The van der Waals surface area contributed by atoms with Gasteiger partial charge in [-0.25, -0.2) is 9.78 Å². The molecule has 7 heteroatoms. The number of nitrogens with one attached hydrogen (secondary N) is 2. The minimum atomic E-state index is -0.261. The van der Waals surface area contributed by atoms with Crippen molar-refractivity contribution in [1.82, 2.24) is 14.9 Å². The highest BCUT2D eigenvalue weighted by atomic mass is 16.6. The molecule has 1 amide bonds. The molecule has 7 nitrogen and oxygen atoms in total. The van der Waals surface area contributed by atoms with Gasteiger partial charge in [-0.3, -0.25) is 9.78 Å². The number of aromatic nitrogens is 2. The van der Waals surface area contributed by atoms with E-state index in [1.807, 2.05) is 37.3 Å². The van der Waals surface area contributed by atoms with Crippen LogP contribution in [0, 0.1) is 6.92 Å². The van der Waals surface area contributed by atoms with E-state index in [9.17, 15) is 9.59 Å². The van der Waals surface area contributed by atoms with E-state index < -0.39 is 0 Å². The molecule has 0 radical (unpaired) electrons. The molecular formula is C20H26N4O3. The van der Waals surface area contributed by atoms with Crippen molar-refractivity contribution in [2.24, 2.45) is 0 Å². The van der Waals surface area contributed by atoms with Crippen LogP contribution in [0.15, 0.2) is 35.1 Å². The lowest BCUT2D eigenvalue weighted by molar-refractivity contribution is 0.0983. The molecule has 144 valence electrons. The lowest BCUT2D eigenvalue weighted by Gasteiger charge is -2.31. The van der Waals surface area contributed by atoms with Crippen LogP contribution >= 0.6 is 0 Å². The predicted octanol–water partition coefficient (Wildman–Crippen LogP) is 2.70. The van der Waals surface area contributed by atoms with Crippen LogP contribution in [-0.2, 0) is 11.2 Å². The van der Waals surface area contributed by atoms with E-state index in [2.05, 4.69) is 15.3 Å². The molecule has 0 bridgehead atoms. The first-order valence-corrected chi connectivity index (χ1v) is 9.38. The van der Waals surface area contributed by atoms with Gasteiger partial charge in [0.25, 0.3) is 5.56 Å². The zero-order valence-corrected chi connectivity index (χ0v) is 15.8. The normalized spacial score (nSPS) is 14.8. The van der Waals surface area contributed by atoms with Crippen LogP contribution in [-0.4, -0.2) is 46.7 Å². The summed E-state index contributed by atoms with van der Waals surface area (Å²) in [4.78, 5) is 33.4. The minimum absolute atomic E-state index is 0.113. The smallest absolute Gasteiger partial charge is 0.409 e. The molecular weight excluding hydrogens is 344 g/mol. The Bertz CT molecular complexity index is 827. The molecule has 1 aliphatic heterocycles. The first kappa shape index (κ1) is 18.9. The maximum atomic E-state index is 12.5. The van der Waals surface area contributed by atoms with Gasteiger partial charge < -0.3 is 15.0 Å². The summed E-state index contributed by atoms with van der Waals surface area (Å²) in [5.41, 5.74) is 2.38. The molecule has 2 N–H and O–H groups in total. The van der Waals surface area contributed by atoms with Gasteiger partial charge in [0.15, 0.2) is 0 Å². The molecule has 2 heterocycles. The largest absolute Gasteiger partial charge is 0.450 e. The number of H-pyrrole nitrogens is 1. The molecule has 27 heavy (non-hydrogen) atoms. The molecule has 0 aliphatic carbocycles. The number of piperidine rings is 1. The van der Waals surface area contributed by atoms with Crippen LogP contribution in [0.3, 0.4) is 0 Å². The van der Waals surface area contributed by atoms with E-state index >= 15 is 0 Å². The lowest BCUT2D eigenvalue weighted by Crippen LogP contribution is -2.43. The van der Waals surface area contributed by atoms with Gasteiger partial charge in [-0.2, -0.15) is 0 Å². The molecule has 1 saturated heterocycles. The highest BCUT2D eigenvalue weighted by Crippen LogP contribution is 2.16. The first-order chi connectivity index (χ1) is 13.1. The third-order valence-electron chi connectivity index (χ3n) is 4.81. The Labute approximate surface area is 158 Å². The molecule has 0 unspecified atom stereocenters. The van der Waals surface area contributed by atoms with Gasteiger partial charge in [0.1, 0.15) is 0 Å². The summed E-state index contributed by atoms with van der Waals surface area (Å²) < 4.78 is 5.04. The zero-order valence-electron chi connectivity index (χ0n) is 15.8. The Kier molecular flexibility index (Phi) is 6.11. The Morgan fingerprint density at radius 3 is 2.63 bits per heavy atom. The van der Waals surface area contributed by atoms with E-state index in [1.165, 1.54) is 0 Å². The second kappa shape index (κ2) is 8.70. The number of hydrogen-bond acceptors (Lipinski definition) is 5. The van der Waals surface area contributed by atoms with Gasteiger partial charge in [-0.1, -0.05) is 30.3 Å².